The van der Waals surface area contributed by atoms with Crippen LogP contribution in [0.3, 0.4) is 0 Å². The van der Waals surface area contributed by atoms with E-state index in [0.29, 0.717) is 6.42 Å². The second-order valence-electron chi connectivity index (χ2n) is 4.90. The van der Waals surface area contributed by atoms with Gasteiger partial charge in [-0.1, -0.05) is 12.1 Å². The molecule has 0 amide bonds. The van der Waals surface area contributed by atoms with Crippen molar-refractivity contribution in [2.45, 2.75) is 18.6 Å². The standard InChI is InChI=1S/C16H16FNO2/c1-19-12-6-7-15-13(8-12)14(18)9-16(20-15)10-2-4-11(17)5-3-10/h2-8,14,16H,9,18H2,1H3. The zero-order valence-electron chi connectivity index (χ0n) is 11.2. The third-order valence-electron chi connectivity index (χ3n) is 3.60. The molecule has 1 aliphatic rings. The topological polar surface area (TPSA) is 44.5 Å². The molecule has 0 saturated heterocycles. The highest BCUT2D eigenvalue weighted by Crippen LogP contribution is 2.41. The summed E-state index contributed by atoms with van der Waals surface area (Å²) in [6.45, 7) is 0. The molecular formula is C16H16FNO2. The number of hydrogen-bond donors (Lipinski definition) is 1. The molecule has 2 atom stereocenters. The molecule has 104 valence electrons. The SMILES string of the molecule is COc1ccc2c(c1)C(N)CC(c1ccc(F)cc1)O2. The lowest BCUT2D eigenvalue weighted by atomic mass is 9.93. The molecule has 0 radical (unpaired) electrons. The van der Waals surface area contributed by atoms with Gasteiger partial charge in [-0.2, -0.15) is 0 Å². The molecule has 0 spiro atoms. The highest BCUT2D eigenvalue weighted by Gasteiger charge is 2.27. The summed E-state index contributed by atoms with van der Waals surface area (Å²) in [7, 11) is 1.62. The molecule has 2 unspecified atom stereocenters. The Hall–Kier alpha value is -2.07. The summed E-state index contributed by atoms with van der Waals surface area (Å²) in [6.07, 6.45) is 0.512. The van der Waals surface area contributed by atoms with Crippen molar-refractivity contribution >= 4 is 0 Å². The first-order chi connectivity index (χ1) is 9.67. The minimum absolute atomic E-state index is 0.121. The lowest BCUT2D eigenvalue weighted by Gasteiger charge is -2.30. The van der Waals surface area contributed by atoms with Crippen LogP contribution in [0.2, 0.25) is 0 Å². The molecule has 2 N–H and O–H groups in total. The first kappa shape index (κ1) is 12.9. The van der Waals surface area contributed by atoms with Gasteiger partial charge in [0.25, 0.3) is 0 Å². The van der Waals surface area contributed by atoms with E-state index < -0.39 is 0 Å². The van der Waals surface area contributed by atoms with Crippen LogP contribution >= 0.6 is 0 Å². The Labute approximate surface area is 117 Å². The van der Waals surface area contributed by atoms with Crippen molar-refractivity contribution in [3.63, 3.8) is 0 Å². The van der Waals surface area contributed by atoms with Gasteiger partial charge in [-0.15, -0.1) is 0 Å². The second-order valence-corrected chi connectivity index (χ2v) is 4.90. The maximum absolute atomic E-state index is 13.0. The maximum Gasteiger partial charge on any atom is 0.126 e. The molecule has 4 heteroatoms. The average Bonchev–Trinajstić information content (AvgIpc) is 2.47. The zero-order chi connectivity index (χ0) is 14.1. The number of rotatable bonds is 2. The first-order valence-corrected chi connectivity index (χ1v) is 6.53. The van der Waals surface area contributed by atoms with E-state index >= 15 is 0 Å². The number of fused-ring (bicyclic) bond motifs is 1. The van der Waals surface area contributed by atoms with E-state index in [2.05, 4.69) is 0 Å². The summed E-state index contributed by atoms with van der Waals surface area (Å²) in [5.74, 6) is 1.28. The molecule has 0 fully saturated rings. The normalized spacial score (nSPS) is 20.9. The van der Waals surface area contributed by atoms with Gasteiger partial charge < -0.3 is 15.2 Å². The second kappa shape index (κ2) is 5.13. The van der Waals surface area contributed by atoms with Gasteiger partial charge >= 0.3 is 0 Å². The number of ether oxygens (including phenoxy) is 2. The van der Waals surface area contributed by atoms with Crippen LogP contribution in [0.4, 0.5) is 4.39 Å². The number of halogens is 1. The van der Waals surface area contributed by atoms with Gasteiger partial charge in [0, 0.05) is 18.0 Å². The van der Waals surface area contributed by atoms with Gasteiger partial charge in [0.15, 0.2) is 0 Å². The lowest BCUT2D eigenvalue weighted by Crippen LogP contribution is -2.24. The van der Waals surface area contributed by atoms with E-state index in [0.717, 1.165) is 22.6 Å². The van der Waals surface area contributed by atoms with Gasteiger partial charge in [-0.05, 0) is 35.9 Å². The number of benzene rings is 2. The Morgan fingerprint density at radius 1 is 1.20 bits per heavy atom. The predicted molar refractivity (Wildman–Crippen MR) is 74.3 cm³/mol. The van der Waals surface area contributed by atoms with Crippen molar-refractivity contribution < 1.29 is 13.9 Å². The van der Waals surface area contributed by atoms with Gasteiger partial charge in [-0.3, -0.25) is 0 Å². The number of hydrogen-bond acceptors (Lipinski definition) is 3. The van der Waals surface area contributed by atoms with Crippen LogP contribution in [0.5, 0.6) is 11.5 Å². The van der Waals surface area contributed by atoms with Crippen molar-refractivity contribution in [1.82, 2.24) is 0 Å². The van der Waals surface area contributed by atoms with Gasteiger partial charge in [0.2, 0.25) is 0 Å². The van der Waals surface area contributed by atoms with E-state index in [9.17, 15) is 4.39 Å². The molecule has 1 heterocycles. The Morgan fingerprint density at radius 2 is 1.95 bits per heavy atom. The maximum atomic E-state index is 13.0. The van der Waals surface area contributed by atoms with Crippen LogP contribution in [0.15, 0.2) is 42.5 Å². The molecule has 0 aromatic heterocycles. The van der Waals surface area contributed by atoms with E-state index in [1.54, 1.807) is 19.2 Å². The summed E-state index contributed by atoms with van der Waals surface area (Å²) in [4.78, 5) is 0. The summed E-state index contributed by atoms with van der Waals surface area (Å²) >= 11 is 0. The summed E-state index contributed by atoms with van der Waals surface area (Å²) in [5, 5.41) is 0. The van der Waals surface area contributed by atoms with Crippen LogP contribution in [0, 0.1) is 5.82 Å². The minimum atomic E-state index is -0.251. The van der Waals surface area contributed by atoms with Crippen molar-refractivity contribution in [1.29, 1.82) is 0 Å². The highest BCUT2D eigenvalue weighted by atomic mass is 19.1. The third kappa shape index (κ3) is 2.34. The molecule has 2 aromatic rings. The largest absolute Gasteiger partial charge is 0.497 e. The quantitative estimate of drug-likeness (QED) is 0.912. The fourth-order valence-corrected chi connectivity index (χ4v) is 2.49. The van der Waals surface area contributed by atoms with Crippen LogP contribution < -0.4 is 15.2 Å². The smallest absolute Gasteiger partial charge is 0.126 e. The summed E-state index contributed by atoms with van der Waals surface area (Å²) in [6, 6.07) is 11.8. The first-order valence-electron chi connectivity index (χ1n) is 6.53. The number of methoxy groups -OCH3 is 1. The molecule has 20 heavy (non-hydrogen) atoms. The van der Waals surface area contributed by atoms with Crippen molar-refractivity contribution in [3.05, 3.63) is 59.4 Å². The summed E-state index contributed by atoms with van der Waals surface area (Å²) < 4.78 is 24.1. The average molecular weight is 273 g/mol. The Bertz CT molecular complexity index is 612. The lowest BCUT2D eigenvalue weighted by molar-refractivity contribution is 0.161. The van der Waals surface area contributed by atoms with Gasteiger partial charge in [-0.25, -0.2) is 4.39 Å². The van der Waals surface area contributed by atoms with Crippen LogP contribution in [0.1, 0.15) is 29.7 Å². The molecule has 3 rings (SSSR count). The fourth-order valence-electron chi connectivity index (χ4n) is 2.49. The van der Waals surface area contributed by atoms with E-state index in [4.69, 9.17) is 15.2 Å². The van der Waals surface area contributed by atoms with Crippen LogP contribution in [-0.4, -0.2) is 7.11 Å². The molecule has 0 bridgehead atoms. The van der Waals surface area contributed by atoms with Crippen molar-refractivity contribution in [2.75, 3.05) is 7.11 Å². The molecule has 0 aliphatic carbocycles. The van der Waals surface area contributed by atoms with Crippen LogP contribution in [-0.2, 0) is 0 Å². The van der Waals surface area contributed by atoms with E-state index in [-0.39, 0.29) is 18.0 Å². The number of nitrogens with two attached hydrogens (primary N) is 1. The highest BCUT2D eigenvalue weighted by molar-refractivity contribution is 5.44. The van der Waals surface area contributed by atoms with Crippen molar-refractivity contribution in [2.24, 2.45) is 5.73 Å². The van der Waals surface area contributed by atoms with Crippen LogP contribution in [0.25, 0.3) is 0 Å². The Kier molecular flexibility index (Phi) is 3.32. The van der Waals surface area contributed by atoms with Gasteiger partial charge in [0.1, 0.15) is 23.4 Å². The third-order valence-corrected chi connectivity index (χ3v) is 3.60. The minimum Gasteiger partial charge on any atom is -0.497 e. The molecule has 2 aromatic carbocycles. The monoisotopic (exact) mass is 273 g/mol. The Balaban J connectivity index is 1.90. The van der Waals surface area contributed by atoms with Crippen molar-refractivity contribution in [3.8, 4) is 11.5 Å². The zero-order valence-corrected chi connectivity index (χ0v) is 11.2. The van der Waals surface area contributed by atoms with E-state index in [1.165, 1.54) is 12.1 Å². The van der Waals surface area contributed by atoms with Gasteiger partial charge in [0.05, 0.1) is 7.11 Å². The predicted octanol–water partition coefficient (Wildman–Crippen LogP) is 3.36. The molecule has 1 aliphatic heterocycles. The molecule has 3 nitrogen and oxygen atoms in total. The molecule has 0 saturated carbocycles. The summed E-state index contributed by atoms with van der Waals surface area (Å²) in [5.41, 5.74) is 8.10. The molecular weight excluding hydrogens is 257 g/mol. The fraction of sp³-hybridized carbons (Fsp3) is 0.250. The Morgan fingerprint density at radius 3 is 2.65 bits per heavy atom. The van der Waals surface area contributed by atoms with E-state index in [1.807, 2.05) is 18.2 Å².